The van der Waals surface area contributed by atoms with E-state index in [-0.39, 0.29) is 4.90 Å². The average molecular weight is 358 g/mol. The third kappa shape index (κ3) is 3.29. The summed E-state index contributed by atoms with van der Waals surface area (Å²) in [6.07, 6.45) is 0. The van der Waals surface area contributed by atoms with Gasteiger partial charge in [0, 0.05) is 8.95 Å². The first-order chi connectivity index (χ1) is 6.83. The number of rotatable bonds is 3. The summed E-state index contributed by atoms with van der Waals surface area (Å²) < 4.78 is 24.2. The van der Waals surface area contributed by atoms with E-state index in [1.54, 1.807) is 6.07 Å². The zero-order valence-corrected chi connectivity index (χ0v) is 11.3. The Labute approximate surface area is 103 Å². The highest BCUT2D eigenvalue weighted by Crippen LogP contribution is 2.26. The van der Waals surface area contributed by atoms with E-state index in [9.17, 15) is 13.2 Å². The smallest absolute Gasteiger partial charge is 0.319 e. The lowest BCUT2D eigenvalue weighted by molar-refractivity contribution is -0.134. The van der Waals surface area contributed by atoms with E-state index in [1.807, 2.05) is 0 Å². The van der Waals surface area contributed by atoms with Gasteiger partial charge >= 0.3 is 5.97 Å². The van der Waals surface area contributed by atoms with Crippen LogP contribution in [0.4, 0.5) is 0 Å². The maximum Gasteiger partial charge on any atom is 0.319 e. The van der Waals surface area contributed by atoms with Crippen LogP contribution < -0.4 is 0 Å². The molecule has 1 aromatic carbocycles. The third-order valence-corrected chi connectivity index (χ3v) is 5.04. The quantitative estimate of drug-likeness (QED) is 0.898. The fourth-order valence-electron chi connectivity index (χ4n) is 0.916. The largest absolute Gasteiger partial charge is 0.480 e. The van der Waals surface area contributed by atoms with Gasteiger partial charge in [0.25, 0.3) is 0 Å². The van der Waals surface area contributed by atoms with Gasteiger partial charge in [-0.2, -0.15) is 0 Å². The van der Waals surface area contributed by atoms with Crippen LogP contribution in [0.5, 0.6) is 0 Å². The summed E-state index contributed by atoms with van der Waals surface area (Å²) in [4.78, 5) is 10.3. The number of aliphatic carboxylic acids is 1. The number of hydrogen-bond acceptors (Lipinski definition) is 3. The highest BCUT2D eigenvalue weighted by atomic mass is 79.9. The van der Waals surface area contributed by atoms with Crippen molar-refractivity contribution in [2.45, 2.75) is 4.90 Å². The molecule has 0 saturated heterocycles. The van der Waals surface area contributed by atoms with Crippen LogP contribution >= 0.6 is 31.9 Å². The zero-order chi connectivity index (χ0) is 11.6. The van der Waals surface area contributed by atoms with Crippen molar-refractivity contribution in [2.75, 3.05) is 5.75 Å². The van der Waals surface area contributed by atoms with Gasteiger partial charge in [-0.1, -0.05) is 0 Å². The molecule has 4 nitrogen and oxygen atoms in total. The second kappa shape index (κ2) is 4.63. The van der Waals surface area contributed by atoms with E-state index in [1.165, 1.54) is 12.1 Å². The molecular formula is C8H6Br2O4S. The third-order valence-electron chi connectivity index (χ3n) is 1.56. The molecule has 1 N–H and O–H groups in total. The normalized spacial score (nSPS) is 11.3. The summed E-state index contributed by atoms with van der Waals surface area (Å²) in [6.45, 7) is 0. The molecule has 0 heterocycles. The maximum absolute atomic E-state index is 11.5. The van der Waals surface area contributed by atoms with Gasteiger partial charge in [0.05, 0.1) is 4.90 Å². The predicted octanol–water partition coefficient (Wildman–Crippen LogP) is 2.07. The molecule has 0 saturated carbocycles. The molecule has 1 aromatic rings. The lowest BCUT2D eigenvalue weighted by atomic mass is 10.4. The number of carboxylic acid groups (broad SMARTS) is 1. The maximum atomic E-state index is 11.5. The zero-order valence-electron chi connectivity index (χ0n) is 7.28. The Bertz CT molecular complexity index is 495. The number of halogens is 2. The molecule has 0 spiro atoms. The Balaban J connectivity index is 3.17. The van der Waals surface area contributed by atoms with E-state index in [2.05, 4.69) is 31.9 Å². The molecular weight excluding hydrogens is 352 g/mol. The molecule has 1 rings (SSSR count). The van der Waals surface area contributed by atoms with Crippen molar-refractivity contribution in [1.29, 1.82) is 0 Å². The average Bonchev–Trinajstić information content (AvgIpc) is 2.07. The summed E-state index contributed by atoms with van der Waals surface area (Å²) >= 11 is 6.33. The Kier molecular flexibility index (Phi) is 3.91. The predicted molar refractivity (Wildman–Crippen MR) is 61.5 cm³/mol. The topological polar surface area (TPSA) is 71.4 Å². The molecule has 0 aliphatic heterocycles. The van der Waals surface area contributed by atoms with E-state index >= 15 is 0 Å². The van der Waals surface area contributed by atoms with E-state index in [0.29, 0.717) is 8.95 Å². The number of carboxylic acids is 1. The molecule has 0 fully saturated rings. The molecule has 0 unspecified atom stereocenters. The SMILES string of the molecule is O=C(O)CS(=O)(=O)c1ccc(Br)c(Br)c1. The van der Waals surface area contributed by atoms with Gasteiger partial charge < -0.3 is 5.11 Å². The molecule has 0 aromatic heterocycles. The fourth-order valence-corrected chi connectivity index (χ4v) is 2.76. The van der Waals surface area contributed by atoms with Crippen molar-refractivity contribution in [3.63, 3.8) is 0 Å². The van der Waals surface area contributed by atoms with Crippen molar-refractivity contribution in [3.8, 4) is 0 Å². The van der Waals surface area contributed by atoms with Crippen LogP contribution in [0.1, 0.15) is 0 Å². The molecule has 0 radical (unpaired) electrons. The summed E-state index contributed by atoms with van der Waals surface area (Å²) in [7, 11) is -3.75. The Morgan fingerprint density at radius 1 is 1.27 bits per heavy atom. The standard InChI is InChI=1S/C8H6Br2O4S/c9-6-2-1-5(3-7(6)10)15(13,14)4-8(11)12/h1-3H,4H2,(H,11,12). The van der Waals surface area contributed by atoms with Crippen LogP contribution in [0.2, 0.25) is 0 Å². The van der Waals surface area contributed by atoms with Crippen molar-refractivity contribution < 1.29 is 18.3 Å². The van der Waals surface area contributed by atoms with Crippen molar-refractivity contribution in [3.05, 3.63) is 27.1 Å². The van der Waals surface area contributed by atoms with Gasteiger partial charge in [-0.05, 0) is 50.1 Å². The van der Waals surface area contributed by atoms with Gasteiger partial charge in [0.1, 0.15) is 0 Å². The molecule has 0 bridgehead atoms. The van der Waals surface area contributed by atoms with Crippen LogP contribution in [0.15, 0.2) is 32.0 Å². The van der Waals surface area contributed by atoms with Crippen LogP contribution in [0.25, 0.3) is 0 Å². The lowest BCUT2D eigenvalue weighted by Crippen LogP contribution is -2.15. The molecule has 0 aliphatic carbocycles. The molecule has 0 amide bonds. The van der Waals surface area contributed by atoms with Crippen LogP contribution in [-0.2, 0) is 14.6 Å². The van der Waals surface area contributed by atoms with Gasteiger partial charge in [0.15, 0.2) is 15.6 Å². The number of hydrogen-bond donors (Lipinski definition) is 1. The first-order valence-electron chi connectivity index (χ1n) is 3.72. The minimum Gasteiger partial charge on any atom is -0.480 e. The molecule has 0 aliphatic rings. The molecule has 15 heavy (non-hydrogen) atoms. The first kappa shape index (κ1) is 12.7. The van der Waals surface area contributed by atoms with Crippen LogP contribution in [0, 0.1) is 0 Å². The van der Waals surface area contributed by atoms with E-state index < -0.39 is 21.6 Å². The number of benzene rings is 1. The van der Waals surface area contributed by atoms with E-state index in [4.69, 9.17) is 5.11 Å². The summed E-state index contributed by atoms with van der Waals surface area (Å²) in [5, 5.41) is 8.43. The summed E-state index contributed by atoms with van der Waals surface area (Å²) in [5.41, 5.74) is 0. The minimum atomic E-state index is -3.75. The highest BCUT2D eigenvalue weighted by molar-refractivity contribution is 9.13. The Hall–Kier alpha value is -0.400. The first-order valence-corrected chi connectivity index (χ1v) is 6.96. The van der Waals surface area contributed by atoms with Crippen molar-refractivity contribution >= 4 is 47.7 Å². The monoisotopic (exact) mass is 356 g/mol. The van der Waals surface area contributed by atoms with Gasteiger partial charge in [0.2, 0.25) is 0 Å². The summed E-state index contributed by atoms with van der Waals surface area (Å²) in [6, 6.07) is 4.26. The van der Waals surface area contributed by atoms with Crippen LogP contribution in [0.3, 0.4) is 0 Å². The highest BCUT2D eigenvalue weighted by Gasteiger charge is 2.19. The Morgan fingerprint density at radius 2 is 1.87 bits per heavy atom. The van der Waals surface area contributed by atoms with Gasteiger partial charge in [-0.15, -0.1) is 0 Å². The van der Waals surface area contributed by atoms with Crippen LogP contribution in [-0.4, -0.2) is 25.2 Å². The number of sulfone groups is 1. The van der Waals surface area contributed by atoms with Gasteiger partial charge in [-0.3, -0.25) is 4.79 Å². The van der Waals surface area contributed by atoms with Gasteiger partial charge in [-0.25, -0.2) is 8.42 Å². The fraction of sp³-hybridized carbons (Fsp3) is 0.125. The number of carbonyl (C=O) groups is 1. The lowest BCUT2D eigenvalue weighted by Gasteiger charge is -2.03. The summed E-state index contributed by atoms with van der Waals surface area (Å²) in [5.74, 6) is -2.27. The second-order valence-corrected chi connectivity index (χ2v) is 6.43. The van der Waals surface area contributed by atoms with Crippen molar-refractivity contribution in [2.24, 2.45) is 0 Å². The molecule has 7 heteroatoms. The minimum absolute atomic E-state index is 0.0139. The second-order valence-electron chi connectivity index (χ2n) is 2.73. The Morgan fingerprint density at radius 3 is 2.33 bits per heavy atom. The molecule has 0 atom stereocenters. The molecule has 82 valence electrons. The van der Waals surface area contributed by atoms with Crippen molar-refractivity contribution in [1.82, 2.24) is 0 Å². The van der Waals surface area contributed by atoms with E-state index in [0.717, 1.165) is 0 Å².